The highest BCUT2D eigenvalue weighted by Gasteiger charge is 2.33. The molecule has 0 radical (unpaired) electrons. The molecule has 0 unspecified atom stereocenters. The summed E-state index contributed by atoms with van der Waals surface area (Å²) in [5, 5.41) is 6.90. The Hall–Kier alpha value is -2.33. The molecule has 2 aromatic carbocycles. The third-order valence-corrected chi connectivity index (χ3v) is 4.74. The first-order chi connectivity index (χ1) is 12.7. The molecule has 1 aliphatic rings. The lowest BCUT2D eigenvalue weighted by atomic mass is 9.89. The molecule has 1 heterocycles. The lowest BCUT2D eigenvalue weighted by molar-refractivity contribution is -0.0945. The number of benzene rings is 2. The molecule has 0 atom stereocenters. The summed E-state index contributed by atoms with van der Waals surface area (Å²) in [6.45, 7) is 8.34. The standard InChI is InChI=1S/C22H29N3O/c1-3-23-21(25-15-22(2)16-26-17-22)24-14-20(18-10-6-4-7-11-18)19-12-8-5-9-13-19/h4-13,20H,3,14-17H2,1-2H3,(H2,23,24,25). The van der Waals surface area contributed by atoms with Gasteiger partial charge in [-0.05, 0) is 18.1 Å². The maximum absolute atomic E-state index is 5.33. The van der Waals surface area contributed by atoms with E-state index in [9.17, 15) is 0 Å². The second-order valence-electron chi connectivity index (χ2n) is 7.25. The number of hydrogen-bond donors (Lipinski definition) is 2. The fraction of sp³-hybridized carbons (Fsp3) is 0.409. The monoisotopic (exact) mass is 351 g/mol. The summed E-state index contributed by atoms with van der Waals surface area (Å²) in [4.78, 5) is 4.78. The number of ether oxygens (including phenoxy) is 1. The van der Waals surface area contributed by atoms with Crippen molar-refractivity contribution in [3.63, 3.8) is 0 Å². The molecule has 0 bridgehead atoms. The zero-order chi connectivity index (χ0) is 18.2. The number of hydrogen-bond acceptors (Lipinski definition) is 2. The van der Waals surface area contributed by atoms with Crippen LogP contribution in [-0.2, 0) is 4.74 Å². The molecule has 0 aromatic heterocycles. The van der Waals surface area contributed by atoms with Crippen LogP contribution in [0.25, 0.3) is 0 Å². The third kappa shape index (κ3) is 4.85. The van der Waals surface area contributed by atoms with Crippen molar-refractivity contribution < 1.29 is 4.74 Å². The molecule has 4 heteroatoms. The number of nitrogens with zero attached hydrogens (tertiary/aromatic N) is 1. The average Bonchev–Trinajstić information content (AvgIpc) is 2.66. The van der Waals surface area contributed by atoms with Gasteiger partial charge in [0.1, 0.15) is 0 Å². The molecular formula is C22H29N3O. The molecule has 0 aliphatic carbocycles. The molecule has 0 saturated carbocycles. The number of rotatable bonds is 7. The first-order valence-corrected chi connectivity index (χ1v) is 9.40. The van der Waals surface area contributed by atoms with E-state index in [1.165, 1.54) is 11.1 Å². The van der Waals surface area contributed by atoms with Gasteiger partial charge >= 0.3 is 0 Å². The lowest BCUT2D eigenvalue weighted by Gasteiger charge is -2.36. The molecular weight excluding hydrogens is 322 g/mol. The van der Waals surface area contributed by atoms with Gasteiger partial charge in [-0.2, -0.15) is 0 Å². The smallest absolute Gasteiger partial charge is 0.191 e. The van der Waals surface area contributed by atoms with E-state index >= 15 is 0 Å². The van der Waals surface area contributed by atoms with Gasteiger partial charge in [0.2, 0.25) is 0 Å². The number of guanidine groups is 1. The van der Waals surface area contributed by atoms with Crippen LogP contribution in [0.5, 0.6) is 0 Å². The van der Waals surface area contributed by atoms with Gasteiger partial charge in [0.25, 0.3) is 0 Å². The maximum atomic E-state index is 5.33. The summed E-state index contributed by atoms with van der Waals surface area (Å²) >= 11 is 0. The zero-order valence-electron chi connectivity index (χ0n) is 15.7. The van der Waals surface area contributed by atoms with Crippen LogP contribution in [0, 0.1) is 5.41 Å². The average molecular weight is 351 g/mol. The minimum Gasteiger partial charge on any atom is -0.380 e. The second kappa shape index (κ2) is 8.86. The molecule has 1 fully saturated rings. The van der Waals surface area contributed by atoms with Crippen LogP contribution in [0.15, 0.2) is 65.7 Å². The Labute approximate surface area is 156 Å². The third-order valence-electron chi connectivity index (χ3n) is 4.74. The quantitative estimate of drug-likeness (QED) is 0.594. The van der Waals surface area contributed by atoms with Crippen LogP contribution < -0.4 is 10.6 Å². The summed E-state index contributed by atoms with van der Waals surface area (Å²) in [5.41, 5.74) is 2.79. The Bertz CT molecular complexity index is 656. The summed E-state index contributed by atoms with van der Waals surface area (Å²) in [7, 11) is 0. The van der Waals surface area contributed by atoms with Gasteiger partial charge in [0.05, 0.1) is 19.8 Å². The second-order valence-corrected chi connectivity index (χ2v) is 7.25. The molecule has 1 saturated heterocycles. The fourth-order valence-corrected chi connectivity index (χ4v) is 3.15. The number of aliphatic imine (C=N–C) groups is 1. The summed E-state index contributed by atoms with van der Waals surface area (Å²) in [5.74, 6) is 1.15. The van der Waals surface area contributed by atoms with Crippen molar-refractivity contribution in [2.24, 2.45) is 10.4 Å². The van der Waals surface area contributed by atoms with E-state index < -0.39 is 0 Å². The van der Waals surface area contributed by atoms with E-state index in [4.69, 9.17) is 9.73 Å². The van der Waals surface area contributed by atoms with Crippen molar-refractivity contribution >= 4 is 5.96 Å². The van der Waals surface area contributed by atoms with Gasteiger partial charge in [0.15, 0.2) is 5.96 Å². The first kappa shape index (κ1) is 18.5. The van der Waals surface area contributed by atoms with E-state index in [1.54, 1.807) is 0 Å². The minimum atomic E-state index is 0.181. The number of nitrogens with one attached hydrogen (secondary N) is 2. The molecule has 138 valence electrons. The van der Waals surface area contributed by atoms with E-state index in [2.05, 4.69) is 85.1 Å². The van der Waals surface area contributed by atoms with Crippen LogP contribution in [0.2, 0.25) is 0 Å². The van der Waals surface area contributed by atoms with Gasteiger partial charge in [-0.15, -0.1) is 0 Å². The Morgan fingerprint density at radius 1 is 1.00 bits per heavy atom. The van der Waals surface area contributed by atoms with Gasteiger partial charge in [-0.3, -0.25) is 4.99 Å². The Morgan fingerprint density at radius 3 is 2.04 bits per heavy atom. The van der Waals surface area contributed by atoms with E-state index in [-0.39, 0.29) is 11.3 Å². The highest BCUT2D eigenvalue weighted by molar-refractivity contribution is 5.79. The zero-order valence-corrected chi connectivity index (χ0v) is 15.7. The normalized spacial score (nSPS) is 16.2. The first-order valence-electron chi connectivity index (χ1n) is 9.40. The van der Waals surface area contributed by atoms with Crippen LogP contribution in [0.3, 0.4) is 0 Å². The molecule has 4 nitrogen and oxygen atoms in total. The molecule has 0 amide bonds. The van der Waals surface area contributed by atoms with Crippen molar-refractivity contribution in [1.29, 1.82) is 0 Å². The summed E-state index contributed by atoms with van der Waals surface area (Å²) in [6, 6.07) is 21.3. The van der Waals surface area contributed by atoms with Crippen LogP contribution >= 0.6 is 0 Å². The Kier molecular flexibility index (Phi) is 6.29. The SMILES string of the molecule is CCNC(=NCC1(C)COC1)NCC(c1ccccc1)c1ccccc1. The predicted molar refractivity (Wildman–Crippen MR) is 108 cm³/mol. The molecule has 2 aromatic rings. The van der Waals surface area contributed by atoms with Crippen LogP contribution in [0.1, 0.15) is 30.9 Å². The van der Waals surface area contributed by atoms with E-state index in [0.29, 0.717) is 0 Å². The summed E-state index contributed by atoms with van der Waals surface area (Å²) in [6.07, 6.45) is 0. The van der Waals surface area contributed by atoms with Gasteiger partial charge in [-0.25, -0.2) is 0 Å². The maximum Gasteiger partial charge on any atom is 0.191 e. The van der Waals surface area contributed by atoms with Crippen molar-refractivity contribution in [1.82, 2.24) is 10.6 Å². The van der Waals surface area contributed by atoms with Crippen molar-refractivity contribution in [3.8, 4) is 0 Å². The van der Waals surface area contributed by atoms with Crippen molar-refractivity contribution in [2.75, 3.05) is 32.8 Å². The van der Waals surface area contributed by atoms with Gasteiger partial charge in [0, 0.05) is 24.4 Å². The van der Waals surface area contributed by atoms with Crippen LogP contribution in [0.4, 0.5) is 0 Å². The van der Waals surface area contributed by atoms with Crippen molar-refractivity contribution in [2.45, 2.75) is 19.8 Å². The fourth-order valence-electron chi connectivity index (χ4n) is 3.15. The lowest BCUT2D eigenvalue weighted by Crippen LogP contribution is -2.45. The van der Waals surface area contributed by atoms with E-state index in [0.717, 1.165) is 38.8 Å². The minimum absolute atomic E-state index is 0.181. The topological polar surface area (TPSA) is 45.7 Å². The van der Waals surface area contributed by atoms with Gasteiger partial charge in [-0.1, -0.05) is 67.6 Å². The molecule has 1 aliphatic heterocycles. The predicted octanol–water partition coefficient (Wildman–Crippen LogP) is 3.41. The largest absolute Gasteiger partial charge is 0.380 e. The van der Waals surface area contributed by atoms with Crippen molar-refractivity contribution in [3.05, 3.63) is 71.8 Å². The highest BCUT2D eigenvalue weighted by Crippen LogP contribution is 2.26. The molecule has 26 heavy (non-hydrogen) atoms. The Balaban J connectivity index is 1.72. The molecule has 2 N–H and O–H groups in total. The molecule has 3 rings (SSSR count). The highest BCUT2D eigenvalue weighted by atomic mass is 16.5. The van der Waals surface area contributed by atoms with Gasteiger partial charge < -0.3 is 15.4 Å². The van der Waals surface area contributed by atoms with E-state index in [1.807, 2.05) is 0 Å². The summed E-state index contributed by atoms with van der Waals surface area (Å²) < 4.78 is 5.33. The van der Waals surface area contributed by atoms with Crippen LogP contribution in [-0.4, -0.2) is 38.8 Å². The Morgan fingerprint density at radius 2 is 1.58 bits per heavy atom. The molecule has 0 spiro atoms.